The normalized spacial score (nSPS) is 14.3. The lowest BCUT2D eigenvalue weighted by Crippen LogP contribution is -2.27. The summed E-state index contributed by atoms with van der Waals surface area (Å²) < 4.78 is 19.5. The SMILES string of the molecule is O=c1[nH]c(CN2CCOc3cc(O)ccc3C2)nc2cc(-c3ccc(F)cc3)sc12. The van der Waals surface area contributed by atoms with Crippen LogP contribution in [0.15, 0.2) is 53.3 Å². The summed E-state index contributed by atoms with van der Waals surface area (Å²) in [6.07, 6.45) is 0. The molecule has 2 aromatic carbocycles. The Morgan fingerprint density at radius 2 is 2.03 bits per heavy atom. The summed E-state index contributed by atoms with van der Waals surface area (Å²) in [5, 5.41) is 9.65. The molecule has 0 radical (unpaired) electrons. The van der Waals surface area contributed by atoms with Crippen molar-refractivity contribution in [2.75, 3.05) is 13.2 Å². The third kappa shape index (κ3) is 3.67. The first-order valence-electron chi connectivity index (χ1n) is 9.51. The van der Waals surface area contributed by atoms with E-state index in [0.29, 0.717) is 48.0 Å². The van der Waals surface area contributed by atoms with Crippen LogP contribution in [0.25, 0.3) is 20.7 Å². The molecular formula is C22H18FN3O3S. The molecule has 1 aliphatic heterocycles. The Morgan fingerprint density at radius 1 is 1.20 bits per heavy atom. The number of benzene rings is 2. The van der Waals surface area contributed by atoms with Gasteiger partial charge in [0, 0.05) is 29.6 Å². The Kier molecular flexibility index (Phi) is 4.72. The molecule has 0 saturated heterocycles. The van der Waals surface area contributed by atoms with Crippen molar-refractivity contribution >= 4 is 21.6 Å². The summed E-state index contributed by atoms with van der Waals surface area (Å²) in [5.41, 5.74) is 2.28. The van der Waals surface area contributed by atoms with Crippen molar-refractivity contribution in [3.05, 3.63) is 76.1 Å². The molecular weight excluding hydrogens is 405 g/mol. The topological polar surface area (TPSA) is 78.5 Å². The van der Waals surface area contributed by atoms with E-state index in [-0.39, 0.29) is 17.1 Å². The molecule has 0 saturated carbocycles. The molecule has 4 aromatic rings. The molecule has 1 aliphatic rings. The molecule has 0 amide bonds. The average molecular weight is 423 g/mol. The van der Waals surface area contributed by atoms with Gasteiger partial charge < -0.3 is 14.8 Å². The molecule has 0 fully saturated rings. The first kappa shape index (κ1) is 18.8. The number of aromatic hydroxyl groups is 1. The van der Waals surface area contributed by atoms with Crippen molar-refractivity contribution in [1.82, 2.24) is 14.9 Å². The highest BCUT2D eigenvalue weighted by Crippen LogP contribution is 2.31. The van der Waals surface area contributed by atoms with E-state index >= 15 is 0 Å². The number of ether oxygens (including phenoxy) is 1. The van der Waals surface area contributed by atoms with Gasteiger partial charge >= 0.3 is 0 Å². The molecule has 0 aliphatic carbocycles. The quantitative estimate of drug-likeness (QED) is 0.523. The van der Waals surface area contributed by atoms with Crippen molar-refractivity contribution < 1.29 is 14.2 Å². The molecule has 152 valence electrons. The zero-order valence-electron chi connectivity index (χ0n) is 15.9. The second-order valence-electron chi connectivity index (χ2n) is 7.20. The summed E-state index contributed by atoms with van der Waals surface area (Å²) in [6, 6.07) is 13.2. The highest BCUT2D eigenvalue weighted by molar-refractivity contribution is 7.22. The van der Waals surface area contributed by atoms with Crippen LogP contribution in [-0.2, 0) is 13.1 Å². The molecule has 3 heterocycles. The third-order valence-electron chi connectivity index (χ3n) is 5.04. The number of hydrogen-bond donors (Lipinski definition) is 2. The van der Waals surface area contributed by atoms with E-state index in [0.717, 1.165) is 16.0 Å². The van der Waals surface area contributed by atoms with E-state index in [9.17, 15) is 14.3 Å². The van der Waals surface area contributed by atoms with Crippen LogP contribution >= 0.6 is 11.3 Å². The van der Waals surface area contributed by atoms with Gasteiger partial charge in [-0.25, -0.2) is 9.37 Å². The Bertz CT molecular complexity index is 1280. The maximum atomic E-state index is 13.2. The second-order valence-corrected chi connectivity index (χ2v) is 8.25. The Labute approximate surface area is 175 Å². The number of halogens is 1. The van der Waals surface area contributed by atoms with Crippen LogP contribution in [0.3, 0.4) is 0 Å². The van der Waals surface area contributed by atoms with Crippen molar-refractivity contribution in [2.45, 2.75) is 13.1 Å². The third-order valence-corrected chi connectivity index (χ3v) is 6.22. The Hall–Kier alpha value is -3.23. The van der Waals surface area contributed by atoms with Gasteiger partial charge in [-0.1, -0.05) is 18.2 Å². The zero-order valence-corrected chi connectivity index (χ0v) is 16.7. The Balaban J connectivity index is 1.43. The first-order valence-corrected chi connectivity index (χ1v) is 10.3. The van der Waals surface area contributed by atoms with Crippen molar-refractivity contribution in [3.8, 4) is 21.9 Å². The Morgan fingerprint density at radius 3 is 2.87 bits per heavy atom. The van der Waals surface area contributed by atoms with Crippen molar-refractivity contribution in [1.29, 1.82) is 0 Å². The van der Waals surface area contributed by atoms with Gasteiger partial charge in [-0.2, -0.15) is 0 Å². The lowest BCUT2D eigenvalue weighted by molar-refractivity contribution is 0.215. The summed E-state index contributed by atoms with van der Waals surface area (Å²) >= 11 is 1.35. The lowest BCUT2D eigenvalue weighted by atomic mass is 10.2. The number of phenols is 1. The fourth-order valence-corrected chi connectivity index (χ4v) is 4.58. The van der Waals surface area contributed by atoms with E-state index < -0.39 is 0 Å². The van der Waals surface area contributed by atoms with E-state index in [1.165, 1.54) is 23.5 Å². The van der Waals surface area contributed by atoms with Gasteiger partial charge in [-0.05, 0) is 29.8 Å². The second kappa shape index (κ2) is 7.55. The van der Waals surface area contributed by atoms with Crippen LogP contribution < -0.4 is 10.3 Å². The first-order chi connectivity index (χ1) is 14.5. The van der Waals surface area contributed by atoms with Gasteiger partial charge in [0.05, 0.1) is 12.1 Å². The fourth-order valence-electron chi connectivity index (χ4n) is 3.58. The van der Waals surface area contributed by atoms with Crippen LogP contribution in [0.1, 0.15) is 11.4 Å². The molecule has 30 heavy (non-hydrogen) atoms. The van der Waals surface area contributed by atoms with E-state index in [4.69, 9.17) is 4.74 Å². The number of hydrogen-bond acceptors (Lipinski definition) is 6. The number of thiophene rings is 1. The number of nitrogens with one attached hydrogen (secondary N) is 1. The van der Waals surface area contributed by atoms with Crippen LogP contribution in [0, 0.1) is 5.82 Å². The fraction of sp³-hybridized carbons (Fsp3) is 0.182. The zero-order chi connectivity index (χ0) is 20.7. The molecule has 0 unspecified atom stereocenters. The van der Waals surface area contributed by atoms with Gasteiger partial charge in [0.25, 0.3) is 5.56 Å². The van der Waals surface area contributed by atoms with Crippen molar-refractivity contribution in [3.63, 3.8) is 0 Å². The van der Waals surface area contributed by atoms with Gasteiger partial charge in [0.1, 0.15) is 34.4 Å². The van der Waals surface area contributed by atoms with Crippen molar-refractivity contribution in [2.24, 2.45) is 0 Å². The number of aromatic nitrogens is 2. The van der Waals surface area contributed by atoms with Gasteiger partial charge in [-0.3, -0.25) is 9.69 Å². The summed E-state index contributed by atoms with van der Waals surface area (Å²) in [4.78, 5) is 23.2. The molecule has 0 atom stereocenters. The van der Waals surface area contributed by atoms with Crippen LogP contribution in [0.5, 0.6) is 11.5 Å². The standard InChI is InChI=1S/C22H18FN3O3S/c23-15-4-1-13(2-5-15)19-10-17-21(30-19)22(28)25-20(24-17)12-26-7-8-29-18-9-16(27)6-3-14(18)11-26/h1-6,9-10,27H,7-8,11-12H2,(H,24,25,28). The van der Waals surface area contributed by atoms with E-state index in [1.807, 2.05) is 12.1 Å². The summed E-state index contributed by atoms with van der Waals surface area (Å²) in [7, 11) is 0. The molecule has 0 spiro atoms. The predicted molar refractivity (Wildman–Crippen MR) is 113 cm³/mol. The van der Waals surface area contributed by atoms with Gasteiger partial charge in [0.2, 0.25) is 0 Å². The minimum Gasteiger partial charge on any atom is -0.508 e. The maximum absolute atomic E-state index is 13.2. The highest BCUT2D eigenvalue weighted by atomic mass is 32.1. The molecule has 5 rings (SSSR count). The number of H-pyrrole nitrogens is 1. The van der Waals surface area contributed by atoms with Crippen LogP contribution in [0.4, 0.5) is 4.39 Å². The highest BCUT2D eigenvalue weighted by Gasteiger charge is 2.18. The molecule has 2 N–H and O–H groups in total. The van der Waals surface area contributed by atoms with Crippen LogP contribution in [0.2, 0.25) is 0 Å². The molecule has 2 aromatic heterocycles. The lowest BCUT2D eigenvalue weighted by Gasteiger charge is -2.18. The number of aromatic amines is 1. The number of nitrogens with zero attached hydrogens (tertiary/aromatic N) is 2. The van der Waals surface area contributed by atoms with E-state index in [1.54, 1.807) is 24.3 Å². The van der Waals surface area contributed by atoms with Gasteiger partial charge in [-0.15, -0.1) is 11.3 Å². The molecule has 0 bridgehead atoms. The minimum absolute atomic E-state index is 0.174. The number of fused-ring (bicyclic) bond motifs is 2. The molecule has 8 heteroatoms. The minimum atomic E-state index is -0.295. The van der Waals surface area contributed by atoms with E-state index in [2.05, 4.69) is 14.9 Å². The monoisotopic (exact) mass is 423 g/mol. The van der Waals surface area contributed by atoms with Gasteiger partial charge in [0.15, 0.2) is 0 Å². The summed E-state index contributed by atoms with van der Waals surface area (Å²) in [5.74, 6) is 1.14. The molecule has 6 nitrogen and oxygen atoms in total. The van der Waals surface area contributed by atoms with Crippen LogP contribution in [-0.4, -0.2) is 33.1 Å². The number of phenolic OH excluding ortho intramolecular Hbond substituents is 1. The smallest absolute Gasteiger partial charge is 0.268 e. The summed E-state index contributed by atoms with van der Waals surface area (Å²) in [6.45, 7) is 2.25. The predicted octanol–water partition coefficient (Wildman–Crippen LogP) is 3.89. The maximum Gasteiger partial charge on any atom is 0.268 e. The largest absolute Gasteiger partial charge is 0.508 e. The number of rotatable bonds is 3. The average Bonchev–Trinajstić information content (AvgIpc) is 3.05.